The minimum atomic E-state index is -0.592. The van der Waals surface area contributed by atoms with Crippen LogP contribution in [-0.2, 0) is 0 Å². The maximum atomic E-state index is 12.4. The van der Waals surface area contributed by atoms with E-state index in [9.17, 15) is 19.7 Å². The van der Waals surface area contributed by atoms with E-state index in [1.54, 1.807) is 22.8 Å². The number of aromatic nitrogens is 1. The molecule has 0 unspecified atom stereocenters. The Bertz CT molecular complexity index is 1090. The normalized spacial score (nSPS) is 11.1. The van der Waals surface area contributed by atoms with Gasteiger partial charge in [0.2, 0.25) is 0 Å². The first kappa shape index (κ1) is 18.1. The summed E-state index contributed by atoms with van der Waals surface area (Å²) in [6.45, 7) is 3.85. The number of hydrogen-bond acceptors (Lipinski definition) is 5. The van der Waals surface area contributed by atoms with Crippen LogP contribution in [-0.4, -0.2) is 15.4 Å². The first-order chi connectivity index (χ1) is 12.3. The molecule has 2 aromatic carbocycles. The van der Waals surface area contributed by atoms with Crippen molar-refractivity contribution in [2.75, 3.05) is 5.32 Å². The number of nitrogens with one attached hydrogen (secondary N) is 1. The topological polar surface area (TPSA) is 94.2 Å². The lowest BCUT2D eigenvalue weighted by Crippen LogP contribution is -2.14. The Morgan fingerprint density at radius 2 is 2.00 bits per heavy atom. The van der Waals surface area contributed by atoms with Crippen LogP contribution >= 0.6 is 22.9 Å². The molecule has 1 heterocycles. The fourth-order valence-electron chi connectivity index (χ4n) is 2.60. The van der Waals surface area contributed by atoms with Gasteiger partial charge in [0.15, 0.2) is 0 Å². The molecule has 0 radical (unpaired) electrons. The zero-order valence-corrected chi connectivity index (χ0v) is 15.4. The van der Waals surface area contributed by atoms with Crippen molar-refractivity contribution in [1.29, 1.82) is 0 Å². The van der Waals surface area contributed by atoms with Gasteiger partial charge in [-0.3, -0.25) is 24.3 Å². The van der Waals surface area contributed by atoms with Crippen molar-refractivity contribution in [3.05, 3.63) is 66.8 Å². The molecule has 1 aromatic heterocycles. The zero-order valence-electron chi connectivity index (χ0n) is 13.9. The smallest absolute Gasteiger partial charge is 0.308 e. The highest BCUT2D eigenvalue weighted by Crippen LogP contribution is 2.26. The maximum absolute atomic E-state index is 12.4. The van der Waals surface area contributed by atoms with Gasteiger partial charge >= 0.3 is 4.87 Å². The Labute approximate surface area is 157 Å². The number of nitro benzene ring substituents is 1. The highest BCUT2D eigenvalue weighted by atomic mass is 35.5. The van der Waals surface area contributed by atoms with E-state index in [2.05, 4.69) is 5.32 Å². The van der Waals surface area contributed by atoms with Crippen molar-refractivity contribution < 1.29 is 9.72 Å². The van der Waals surface area contributed by atoms with E-state index in [-0.39, 0.29) is 27.2 Å². The van der Waals surface area contributed by atoms with E-state index >= 15 is 0 Å². The number of benzene rings is 2. The molecular formula is C17H14ClN3O4S. The molecule has 9 heteroatoms. The summed E-state index contributed by atoms with van der Waals surface area (Å²) in [4.78, 5) is 34.8. The largest absolute Gasteiger partial charge is 0.322 e. The van der Waals surface area contributed by atoms with E-state index in [1.807, 2.05) is 13.8 Å². The van der Waals surface area contributed by atoms with Gasteiger partial charge in [0.25, 0.3) is 11.6 Å². The number of carbonyl (C=O) groups excluding carboxylic acids is 1. The average Bonchev–Trinajstić information content (AvgIpc) is 2.89. The third-order valence-corrected chi connectivity index (χ3v) is 5.04. The molecular weight excluding hydrogens is 378 g/mol. The van der Waals surface area contributed by atoms with Gasteiger partial charge < -0.3 is 5.32 Å². The van der Waals surface area contributed by atoms with Crippen LogP contribution in [0.1, 0.15) is 30.2 Å². The first-order valence-corrected chi connectivity index (χ1v) is 8.87. The Hall–Kier alpha value is -2.71. The van der Waals surface area contributed by atoms with Gasteiger partial charge in [0, 0.05) is 23.9 Å². The van der Waals surface area contributed by atoms with Crippen molar-refractivity contribution in [3.8, 4) is 0 Å². The summed E-state index contributed by atoms with van der Waals surface area (Å²) < 4.78 is 2.43. The Morgan fingerprint density at radius 1 is 1.27 bits per heavy atom. The minimum absolute atomic E-state index is 0.00824. The minimum Gasteiger partial charge on any atom is -0.322 e. The molecule has 0 fully saturated rings. The number of nitrogens with zero attached hydrogens (tertiary/aromatic N) is 2. The predicted molar refractivity (Wildman–Crippen MR) is 103 cm³/mol. The number of amides is 1. The SMILES string of the molecule is CC(C)n1c(=O)sc2cc(NC(=O)c3cc([N+](=O)[O-])ccc3Cl)ccc21. The number of thiazole rings is 1. The van der Waals surface area contributed by atoms with Crippen LogP contribution in [0.25, 0.3) is 10.2 Å². The molecule has 3 rings (SSSR count). The molecule has 7 nitrogen and oxygen atoms in total. The van der Waals surface area contributed by atoms with Crippen LogP contribution in [0.3, 0.4) is 0 Å². The molecule has 26 heavy (non-hydrogen) atoms. The molecule has 0 aliphatic heterocycles. The van der Waals surface area contributed by atoms with E-state index in [0.717, 1.165) is 27.6 Å². The fourth-order valence-corrected chi connectivity index (χ4v) is 3.86. The van der Waals surface area contributed by atoms with Gasteiger partial charge in [-0.05, 0) is 38.1 Å². The van der Waals surface area contributed by atoms with E-state index in [0.29, 0.717) is 5.69 Å². The second kappa shape index (κ2) is 6.89. The second-order valence-corrected chi connectivity index (χ2v) is 7.29. The van der Waals surface area contributed by atoms with Crippen LogP contribution in [0.4, 0.5) is 11.4 Å². The van der Waals surface area contributed by atoms with Crippen LogP contribution in [0.15, 0.2) is 41.2 Å². The van der Waals surface area contributed by atoms with Crippen LogP contribution in [0.2, 0.25) is 5.02 Å². The van der Waals surface area contributed by atoms with Crippen molar-refractivity contribution in [1.82, 2.24) is 4.57 Å². The van der Waals surface area contributed by atoms with Crippen molar-refractivity contribution in [2.45, 2.75) is 19.9 Å². The number of hydrogen-bond donors (Lipinski definition) is 1. The number of rotatable bonds is 4. The first-order valence-electron chi connectivity index (χ1n) is 7.68. The summed E-state index contributed by atoms with van der Waals surface area (Å²) in [6.07, 6.45) is 0. The Balaban J connectivity index is 1.94. The molecule has 0 saturated carbocycles. The third kappa shape index (κ3) is 3.33. The summed E-state index contributed by atoms with van der Waals surface area (Å²) >= 11 is 7.08. The summed E-state index contributed by atoms with van der Waals surface area (Å²) in [6, 6.07) is 8.84. The van der Waals surface area contributed by atoms with Crippen LogP contribution < -0.4 is 10.2 Å². The van der Waals surface area contributed by atoms with Gasteiger partial charge in [-0.25, -0.2) is 0 Å². The standard InChI is InChI=1S/C17H14ClN3O4S/c1-9(2)20-14-6-3-10(7-15(14)26-17(20)23)19-16(22)12-8-11(21(24)25)4-5-13(12)18/h3-9H,1-2H3,(H,19,22). The van der Waals surface area contributed by atoms with Crippen molar-refractivity contribution in [2.24, 2.45) is 0 Å². The zero-order chi connectivity index (χ0) is 19.0. The number of nitro groups is 1. The monoisotopic (exact) mass is 391 g/mol. The van der Waals surface area contributed by atoms with E-state index in [4.69, 9.17) is 11.6 Å². The van der Waals surface area contributed by atoms with Crippen LogP contribution in [0.5, 0.6) is 0 Å². The lowest BCUT2D eigenvalue weighted by Gasteiger charge is -2.09. The molecule has 3 aromatic rings. The van der Waals surface area contributed by atoms with Crippen LogP contribution in [0, 0.1) is 10.1 Å². The fraction of sp³-hybridized carbons (Fsp3) is 0.176. The lowest BCUT2D eigenvalue weighted by molar-refractivity contribution is -0.384. The number of non-ortho nitro benzene ring substituents is 1. The molecule has 0 bridgehead atoms. The summed E-state index contributed by atoms with van der Waals surface area (Å²) in [5.74, 6) is -0.561. The summed E-state index contributed by atoms with van der Waals surface area (Å²) in [5, 5.41) is 13.7. The highest BCUT2D eigenvalue weighted by Gasteiger charge is 2.17. The maximum Gasteiger partial charge on any atom is 0.308 e. The molecule has 0 spiro atoms. The molecule has 0 saturated heterocycles. The molecule has 1 amide bonds. The van der Waals surface area contributed by atoms with E-state index < -0.39 is 10.8 Å². The van der Waals surface area contributed by atoms with Gasteiger partial charge in [-0.15, -0.1) is 0 Å². The van der Waals surface area contributed by atoms with Crippen molar-refractivity contribution >= 4 is 50.4 Å². The van der Waals surface area contributed by atoms with Gasteiger partial charge in [0.1, 0.15) is 0 Å². The number of anilines is 1. The second-order valence-electron chi connectivity index (χ2n) is 5.89. The molecule has 0 aliphatic rings. The predicted octanol–water partition coefficient (Wildman–Crippen LogP) is 4.46. The number of halogens is 1. The summed E-state index contributed by atoms with van der Waals surface area (Å²) in [5.41, 5.74) is 1.06. The average molecular weight is 392 g/mol. The van der Waals surface area contributed by atoms with Gasteiger partial charge in [-0.2, -0.15) is 0 Å². The number of fused-ring (bicyclic) bond motifs is 1. The molecule has 0 aliphatic carbocycles. The molecule has 1 N–H and O–H groups in total. The number of carbonyl (C=O) groups is 1. The Kier molecular flexibility index (Phi) is 4.80. The van der Waals surface area contributed by atoms with E-state index in [1.165, 1.54) is 12.1 Å². The summed E-state index contributed by atoms with van der Waals surface area (Å²) in [7, 11) is 0. The molecule has 0 atom stereocenters. The lowest BCUT2D eigenvalue weighted by atomic mass is 10.2. The highest BCUT2D eigenvalue weighted by molar-refractivity contribution is 7.16. The molecule has 134 valence electrons. The quantitative estimate of drug-likeness (QED) is 0.524. The van der Waals surface area contributed by atoms with Gasteiger partial charge in [-0.1, -0.05) is 22.9 Å². The van der Waals surface area contributed by atoms with Gasteiger partial charge in [0.05, 0.1) is 25.7 Å². The Morgan fingerprint density at radius 3 is 2.65 bits per heavy atom. The third-order valence-electron chi connectivity index (χ3n) is 3.79. The van der Waals surface area contributed by atoms with Crippen molar-refractivity contribution in [3.63, 3.8) is 0 Å².